The molecular formula is C26H25N7O2S. The zero-order valence-electron chi connectivity index (χ0n) is 19.6. The lowest BCUT2D eigenvalue weighted by Gasteiger charge is -2.28. The van der Waals surface area contributed by atoms with Crippen LogP contribution in [0.4, 0.5) is 23.0 Å². The highest BCUT2D eigenvalue weighted by atomic mass is 32.2. The minimum absolute atomic E-state index is 0.0392. The van der Waals surface area contributed by atoms with Crippen LogP contribution in [0.15, 0.2) is 66.0 Å². The van der Waals surface area contributed by atoms with Gasteiger partial charge in [-0.1, -0.05) is 23.9 Å². The van der Waals surface area contributed by atoms with Crippen LogP contribution in [0.3, 0.4) is 0 Å². The Bertz CT molecular complexity index is 1410. The summed E-state index contributed by atoms with van der Waals surface area (Å²) in [5.41, 5.74) is 5.16. The third kappa shape index (κ3) is 4.39. The molecule has 0 atom stereocenters. The molecule has 36 heavy (non-hydrogen) atoms. The molecule has 2 aliphatic heterocycles. The van der Waals surface area contributed by atoms with Crippen molar-refractivity contribution in [2.75, 3.05) is 29.1 Å². The number of anilines is 3. The summed E-state index contributed by atoms with van der Waals surface area (Å²) in [6, 6.07) is 16.8. The lowest BCUT2D eigenvalue weighted by atomic mass is 10.1. The third-order valence-electron chi connectivity index (χ3n) is 6.55. The molecule has 4 aromatic rings. The summed E-state index contributed by atoms with van der Waals surface area (Å²) in [5, 5.41) is 15.6. The Morgan fingerprint density at radius 1 is 0.972 bits per heavy atom. The number of rotatable bonds is 6. The summed E-state index contributed by atoms with van der Waals surface area (Å²) in [6.45, 7) is 3.03. The zero-order chi connectivity index (χ0) is 24.5. The molecule has 1 fully saturated rings. The number of hydrogen-bond acceptors (Lipinski definition) is 8. The molecule has 2 aliphatic rings. The van der Waals surface area contributed by atoms with Gasteiger partial charge in [0.1, 0.15) is 0 Å². The first-order valence-corrected chi connectivity index (χ1v) is 13.1. The predicted octanol–water partition coefficient (Wildman–Crippen LogP) is 5.75. The number of imidazole rings is 1. The second-order valence-electron chi connectivity index (χ2n) is 8.88. The highest BCUT2D eigenvalue weighted by molar-refractivity contribution is 7.99. The Kier molecular flexibility index (Phi) is 6.02. The van der Waals surface area contributed by atoms with E-state index in [1.54, 1.807) is 30.1 Å². The molecule has 0 spiro atoms. The van der Waals surface area contributed by atoms with Crippen molar-refractivity contribution in [3.63, 3.8) is 0 Å². The van der Waals surface area contributed by atoms with Gasteiger partial charge in [-0.05, 0) is 49.6 Å². The number of benzene rings is 2. The van der Waals surface area contributed by atoms with E-state index in [0.717, 1.165) is 47.6 Å². The first kappa shape index (κ1) is 22.5. The minimum atomic E-state index is -0.384. The van der Waals surface area contributed by atoms with Gasteiger partial charge in [-0.3, -0.25) is 10.1 Å². The van der Waals surface area contributed by atoms with Crippen molar-refractivity contribution >= 4 is 34.8 Å². The number of aromatic nitrogens is 4. The fraction of sp³-hybridized carbons (Fsp3) is 0.269. The first-order valence-electron chi connectivity index (χ1n) is 12.1. The van der Waals surface area contributed by atoms with Crippen LogP contribution in [-0.4, -0.2) is 43.3 Å². The van der Waals surface area contributed by atoms with E-state index in [4.69, 9.17) is 9.97 Å². The Balaban J connectivity index is 1.31. The molecule has 2 aromatic carbocycles. The van der Waals surface area contributed by atoms with Crippen LogP contribution in [0.2, 0.25) is 0 Å². The van der Waals surface area contributed by atoms with Crippen molar-refractivity contribution < 1.29 is 4.92 Å². The van der Waals surface area contributed by atoms with Crippen LogP contribution in [0.1, 0.15) is 19.3 Å². The average molecular weight is 500 g/mol. The molecule has 182 valence electrons. The predicted molar refractivity (Wildman–Crippen MR) is 142 cm³/mol. The number of fused-ring (bicyclic) bond motifs is 1. The summed E-state index contributed by atoms with van der Waals surface area (Å²) in [6.07, 6.45) is 5.53. The largest absolute Gasteiger partial charge is 0.372 e. The molecule has 0 saturated carbocycles. The van der Waals surface area contributed by atoms with E-state index in [9.17, 15) is 10.1 Å². The number of hydrogen-bond donors (Lipinski definition) is 1. The summed E-state index contributed by atoms with van der Waals surface area (Å²) in [4.78, 5) is 27.5. The number of nitro benzene ring substituents is 1. The van der Waals surface area contributed by atoms with Crippen LogP contribution in [0, 0.1) is 10.1 Å². The molecule has 2 aromatic heterocycles. The lowest BCUT2D eigenvalue weighted by Crippen LogP contribution is -2.29. The fourth-order valence-electron chi connectivity index (χ4n) is 4.79. The highest BCUT2D eigenvalue weighted by Gasteiger charge is 2.25. The smallest absolute Gasteiger partial charge is 0.270 e. The quantitative estimate of drug-likeness (QED) is 0.264. The normalized spacial score (nSPS) is 15.1. The fourth-order valence-corrected chi connectivity index (χ4v) is 5.74. The molecular weight excluding hydrogens is 474 g/mol. The molecule has 0 aliphatic carbocycles. The van der Waals surface area contributed by atoms with E-state index < -0.39 is 0 Å². The molecule has 0 bridgehead atoms. The average Bonchev–Trinajstić information content (AvgIpc) is 3.52. The molecule has 1 saturated heterocycles. The molecule has 0 amide bonds. The number of nitrogens with zero attached hydrogens (tertiary/aromatic N) is 6. The molecule has 9 nitrogen and oxygen atoms in total. The van der Waals surface area contributed by atoms with Gasteiger partial charge in [0.2, 0.25) is 5.95 Å². The van der Waals surface area contributed by atoms with Gasteiger partial charge >= 0.3 is 0 Å². The van der Waals surface area contributed by atoms with Gasteiger partial charge in [-0.25, -0.2) is 15.0 Å². The number of nitrogens with one attached hydrogen (secondary N) is 1. The molecule has 6 rings (SSSR count). The summed E-state index contributed by atoms with van der Waals surface area (Å²) in [7, 11) is 0. The summed E-state index contributed by atoms with van der Waals surface area (Å²) < 4.78 is 2.14. The molecule has 0 unspecified atom stereocenters. The van der Waals surface area contributed by atoms with E-state index >= 15 is 0 Å². The standard InChI is InChI=1S/C26H25N7O2S/c34-33(35)21-6-4-5-18(17-21)23-24(32-15-16-36-26(32)30-23)22-11-12-27-25(29-22)28-19-7-9-20(10-8-19)31-13-2-1-3-14-31/h4-12,17H,1-3,13-16H2,(H,27,28,29). The van der Waals surface area contributed by atoms with E-state index in [-0.39, 0.29) is 10.6 Å². The molecule has 4 heterocycles. The minimum Gasteiger partial charge on any atom is -0.372 e. The Morgan fingerprint density at radius 3 is 2.61 bits per heavy atom. The van der Waals surface area contributed by atoms with Crippen LogP contribution < -0.4 is 10.2 Å². The van der Waals surface area contributed by atoms with Crippen molar-refractivity contribution in [1.82, 2.24) is 19.5 Å². The van der Waals surface area contributed by atoms with Crippen molar-refractivity contribution in [3.05, 3.63) is 70.9 Å². The molecule has 0 radical (unpaired) electrons. The Morgan fingerprint density at radius 2 is 1.81 bits per heavy atom. The van der Waals surface area contributed by atoms with Gasteiger partial charge in [0.15, 0.2) is 5.16 Å². The highest BCUT2D eigenvalue weighted by Crippen LogP contribution is 2.39. The van der Waals surface area contributed by atoms with Crippen LogP contribution >= 0.6 is 11.8 Å². The number of nitro groups is 1. The topological polar surface area (TPSA) is 102 Å². The Hall–Kier alpha value is -3.92. The SMILES string of the molecule is O=[N+]([O-])c1cccc(-c2nc3n(c2-c2ccnc(Nc4ccc(N5CCCCC5)cc4)n2)CCS3)c1. The van der Waals surface area contributed by atoms with Crippen LogP contribution in [0.5, 0.6) is 0 Å². The maximum Gasteiger partial charge on any atom is 0.270 e. The van der Waals surface area contributed by atoms with Gasteiger partial charge in [0.25, 0.3) is 5.69 Å². The van der Waals surface area contributed by atoms with Gasteiger partial charge in [-0.15, -0.1) is 0 Å². The zero-order valence-corrected chi connectivity index (χ0v) is 20.4. The molecule has 10 heteroatoms. The number of non-ortho nitro benzene ring substituents is 1. The molecule has 1 N–H and O–H groups in total. The summed E-state index contributed by atoms with van der Waals surface area (Å²) in [5.74, 6) is 1.42. The first-order chi connectivity index (χ1) is 17.7. The van der Waals surface area contributed by atoms with E-state index in [2.05, 4.69) is 44.0 Å². The second-order valence-corrected chi connectivity index (χ2v) is 9.95. The monoisotopic (exact) mass is 499 g/mol. The Labute approximate surface area is 212 Å². The van der Waals surface area contributed by atoms with E-state index in [0.29, 0.717) is 17.2 Å². The maximum atomic E-state index is 11.4. The number of piperidine rings is 1. The van der Waals surface area contributed by atoms with Crippen LogP contribution in [-0.2, 0) is 6.54 Å². The summed E-state index contributed by atoms with van der Waals surface area (Å²) >= 11 is 1.68. The van der Waals surface area contributed by atoms with Gasteiger partial charge < -0.3 is 14.8 Å². The maximum absolute atomic E-state index is 11.4. The third-order valence-corrected chi connectivity index (χ3v) is 7.51. The van der Waals surface area contributed by atoms with Crippen molar-refractivity contribution in [3.8, 4) is 22.6 Å². The van der Waals surface area contributed by atoms with E-state index in [1.807, 2.05) is 12.1 Å². The van der Waals surface area contributed by atoms with Gasteiger partial charge in [0, 0.05) is 60.7 Å². The second kappa shape index (κ2) is 9.62. The lowest BCUT2D eigenvalue weighted by molar-refractivity contribution is -0.384. The van der Waals surface area contributed by atoms with Crippen molar-refractivity contribution in [1.29, 1.82) is 0 Å². The van der Waals surface area contributed by atoms with Crippen molar-refractivity contribution in [2.24, 2.45) is 0 Å². The van der Waals surface area contributed by atoms with Crippen molar-refractivity contribution in [2.45, 2.75) is 31.0 Å². The number of thioether (sulfide) groups is 1. The van der Waals surface area contributed by atoms with Gasteiger partial charge in [0.05, 0.1) is 22.0 Å². The van der Waals surface area contributed by atoms with E-state index in [1.165, 1.54) is 31.0 Å². The van der Waals surface area contributed by atoms with Crippen LogP contribution in [0.25, 0.3) is 22.6 Å². The van der Waals surface area contributed by atoms with Gasteiger partial charge in [-0.2, -0.15) is 0 Å².